The highest BCUT2D eigenvalue weighted by Gasteiger charge is 2.18. The fraction of sp³-hybridized carbons (Fsp3) is 0.696. The summed E-state index contributed by atoms with van der Waals surface area (Å²) in [6.45, 7) is 7.52. The molecule has 0 aliphatic carbocycles. The Labute approximate surface area is 178 Å². The monoisotopic (exact) mass is 424 g/mol. The Morgan fingerprint density at radius 1 is 1.03 bits per heavy atom. The second-order valence-corrected chi connectivity index (χ2v) is 9.84. The van der Waals surface area contributed by atoms with Crippen LogP contribution < -0.4 is 9.62 Å². The summed E-state index contributed by atoms with van der Waals surface area (Å²) < 4.78 is 25.9. The molecule has 0 aliphatic rings. The maximum atomic E-state index is 12.2. The molecule has 0 radical (unpaired) electrons. The zero-order chi connectivity index (χ0) is 21.7. The molecule has 1 aromatic rings. The number of hydrogen-bond donors (Lipinski definition) is 1. The van der Waals surface area contributed by atoms with Gasteiger partial charge in [-0.05, 0) is 49.3 Å². The third-order valence-electron chi connectivity index (χ3n) is 5.34. The van der Waals surface area contributed by atoms with Gasteiger partial charge in [-0.3, -0.25) is 9.10 Å². The standard InChI is InChI=1S/C23H40N2O3S/c1-5-8-11-20(7-3)19-24-23(26)13-10-18-25(29(4,27)28)22-16-14-21(15-17-22)12-9-6-2/h14-17,20H,5-13,18-19H2,1-4H3,(H,24,26). The van der Waals surface area contributed by atoms with Crippen molar-refractivity contribution >= 4 is 21.6 Å². The van der Waals surface area contributed by atoms with Crippen molar-refractivity contribution in [2.45, 2.75) is 78.6 Å². The van der Waals surface area contributed by atoms with Crippen molar-refractivity contribution in [2.75, 3.05) is 23.7 Å². The van der Waals surface area contributed by atoms with E-state index in [0.29, 0.717) is 37.5 Å². The number of hydrogen-bond acceptors (Lipinski definition) is 3. The van der Waals surface area contributed by atoms with Crippen LogP contribution in [0.15, 0.2) is 24.3 Å². The first-order valence-corrected chi connectivity index (χ1v) is 13.0. The van der Waals surface area contributed by atoms with Gasteiger partial charge in [0.2, 0.25) is 15.9 Å². The predicted octanol–water partition coefficient (Wildman–Crippen LogP) is 4.91. The van der Waals surface area contributed by atoms with Gasteiger partial charge in [-0.25, -0.2) is 8.42 Å². The lowest BCUT2D eigenvalue weighted by Gasteiger charge is -2.22. The molecule has 0 heterocycles. The molecule has 0 spiro atoms. The minimum absolute atomic E-state index is 0.00307. The van der Waals surface area contributed by atoms with E-state index >= 15 is 0 Å². The molecule has 1 amide bonds. The molecule has 1 N–H and O–H groups in total. The van der Waals surface area contributed by atoms with Crippen LogP contribution in [-0.4, -0.2) is 33.7 Å². The Balaban J connectivity index is 2.55. The van der Waals surface area contributed by atoms with Crippen molar-refractivity contribution < 1.29 is 13.2 Å². The number of sulfonamides is 1. The van der Waals surface area contributed by atoms with E-state index in [4.69, 9.17) is 0 Å². The van der Waals surface area contributed by atoms with Gasteiger partial charge in [-0.2, -0.15) is 0 Å². The Kier molecular flexibility index (Phi) is 12.0. The Hall–Kier alpha value is -1.56. The van der Waals surface area contributed by atoms with Crippen LogP contribution in [0.2, 0.25) is 0 Å². The molecule has 0 bridgehead atoms. The number of benzene rings is 1. The van der Waals surface area contributed by atoms with E-state index in [9.17, 15) is 13.2 Å². The molecule has 0 aromatic heterocycles. The van der Waals surface area contributed by atoms with Gasteiger partial charge in [0, 0.05) is 19.5 Å². The number of carbonyl (C=O) groups excluding carboxylic acids is 1. The average molecular weight is 425 g/mol. The summed E-state index contributed by atoms with van der Waals surface area (Å²) >= 11 is 0. The van der Waals surface area contributed by atoms with Crippen LogP contribution in [0, 0.1) is 5.92 Å². The first-order chi connectivity index (χ1) is 13.8. The summed E-state index contributed by atoms with van der Waals surface area (Å²) in [4.78, 5) is 12.2. The molecular formula is C23H40N2O3S. The molecule has 1 rings (SSSR count). The van der Waals surface area contributed by atoms with E-state index < -0.39 is 10.0 Å². The highest BCUT2D eigenvalue weighted by molar-refractivity contribution is 7.92. The number of nitrogens with one attached hydrogen (secondary N) is 1. The van der Waals surface area contributed by atoms with Gasteiger partial charge in [0.25, 0.3) is 0 Å². The summed E-state index contributed by atoms with van der Waals surface area (Å²) in [5.41, 5.74) is 1.88. The van der Waals surface area contributed by atoms with E-state index in [1.54, 1.807) is 0 Å². The summed E-state index contributed by atoms with van der Waals surface area (Å²) in [6, 6.07) is 7.73. The van der Waals surface area contributed by atoms with Crippen LogP contribution in [0.1, 0.15) is 77.7 Å². The fourth-order valence-corrected chi connectivity index (χ4v) is 4.33. The topological polar surface area (TPSA) is 66.5 Å². The van der Waals surface area contributed by atoms with E-state index in [0.717, 1.165) is 32.1 Å². The quantitative estimate of drug-likeness (QED) is 0.435. The first-order valence-electron chi connectivity index (χ1n) is 11.1. The van der Waals surface area contributed by atoms with Crippen LogP contribution in [0.5, 0.6) is 0 Å². The lowest BCUT2D eigenvalue weighted by molar-refractivity contribution is -0.121. The Bertz CT molecular complexity index is 687. The number of amides is 1. The number of anilines is 1. The van der Waals surface area contributed by atoms with Crippen LogP contribution in [0.4, 0.5) is 5.69 Å². The molecule has 6 heteroatoms. The molecular weight excluding hydrogens is 384 g/mol. The number of carbonyl (C=O) groups is 1. The van der Waals surface area contributed by atoms with Gasteiger partial charge in [0.15, 0.2) is 0 Å². The Morgan fingerprint density at radius 3 is 2.24 bits per heavy atom. The summed E-state index contributed by atoms with van der Waals surface area (Å²) in [7, 11) is -3.38. The van der Waals surface area contributed by atoms with E-state index in [2.05, 4.69) is 26.1 Å². The number of rotatable bonds is 15. The van der Waals surface area contributed by atoms with Crippen LogP contribution in [0.3, 0.4) is 0 Å². The van der Waals surface area contributed by atoms with Crippen molar-refractivity contribution in [1.29, 1.82) is 0 Å². The smallest absolute Gasteiger partial charge is 0.232 e. The largest absolute Gasteiger partial charge is 0.356 e. The fourth-order valence-electron chi connectivity index (χ4n) is 3.37. The van der Waals surface area contributed by atoms with Crippen molar-refractivity contribution in [3.05, 3.63) is 29.8 Å². The van der Waals surface area contributed by atoms with Gasteiger partial charge in [-0.15, -0.1) is 0 Å². The van der Waals surface area contributed by atoms with Crippen LogP contribution in [0.25, 0.3) is 0 Å². The first kappa shape index (κ1) is 25.5. The van der Waals surface area contributed by atoms with Crippen molar-refractivity contribution in [3.63, 3.8) is 0 Å². The number of aryl methyl sites for hydroxylation is 1. The molecule has 1 aromatic carbocycles. The molecule has 0 fully saturated rings. The molecule has 0 saturated carbocycles. The lowest BCUT2D eigenvalue weighted by atomic mass is 9.99. The minimum Gasteiger partial charge on any atom is -0.356 e. The second-order valence-electron chi connectivity index (χ2n) is 7.93. The van der Waals surface area contributed by atoms with Crippen LogP contribution in [-0.2, 0) is 21.2 Å². The number of nitrogens with zero attached hydrogens (tertiary/aromatic N) is 1. The lowest BCUT2D eigenvalue weighted by Crippen LogP contribution is -2.33. The SMILES string of the molecule is CCCCc1ccc(N(CCCC(=O)NCC(CC)CCCC)S(C)(=O)=O)cc1. The third kappa shape index (κ3) is 10.2. The molecule has 0 saturated heterocycles. The molecule has 5 nitrogen and oxygen atoms in total. The molecule has 1 unspecified atom stereocenters. The number of unbranched alkanes of at least 4 members (excludes halogenated alkanes) is 2. The maximum Gasteiger partial charge on any atom is 0.232 e. The summed E-state index contributed by atoms with van der Waals surface area (Å²) in [5.74, 6) is 0.529. The van der Waals surface area contributed by atoms with Gasteiger partial charge in [-0.1, -0.05) is 58.6 Å². The minimum atomic E-state index is -3.38. The van der Waals surface area contributed by atoms with Crippen molar-refractivity contribution in [3.8, 4) is 0 Å². The van der Waals surface area contributed by atoms with Gasteiger partial charge in [0.1, 0.15) is 0 Å². The van der Waals surface area contributed by atoms with Gasteiger partial charge >= 0.3 is 0 Å². The van der Waals surface area contributed by atoms with E-state index in [1.165, 1.54) is 29.0 Å². The molecule has 1 atom stereocenters. The zero-order valence-electron chi connectivity index (χ0n) is 18.7. The normalized spacial score (nSPS) is 12.6. The van der Waals surface area contributed by atoms with Gasteiger partial charge < -0.3 is 5.32 Å². The van der Waals surface area contributed by atoms with Crippen molar-refractivity contribution in [1.82, 2.24) is 5.32 Å². The second kappa shape index (κ2) is 13.6. The average Bonchev–Trinajstić information content (AvgIpc) is 2.69. The molecule has 166 valence electrons. The Morgan fingerprint density at radius 2 is 1.69 bits per heavy atom. The van der Waals surface area contributed by atoms with Crippen LogP contribution >= 0.6 is 0 Å². The van der Waals surface area contributed by atoms with Gasteiger partial charge in [0.05, 0.1) is 11.9 Å². The molecule has 29 heavy (non-hydrogen) atoms. The van der Waals surface area contributed by atoms with Crippen molar-refractivity contribution in [2.24, 2.45) is 5.92 Å². The highest BCUT2D eigenvalue weighted by atomic mass is 32.2. The van der Waals surface area contributed by atoms with E-state index in [-0.39, 0.29) is 5.91 Å². The van der Waals surface area contributed by atoms with E-state index in [1.807, 2.05) is 24.3 Å². The zero-order valence-corrected chi connectivity index (χ0v) is 19.6. The highest BCUT2D eigenvalue weighted by Crippen LogP contribution is 2.20. The predicted molar refractivity (Wildman–Crippen MR) is 123 cm³/mol. The molecule has 0 aliphatic heterocycles. The summed E-state index contributed by atoms with van der Waals surface area (Å²) in [6.07, 6.45) is 9.90. The summed E-state index contributed by atoms with van der Waals surface area (Å²) in [5, 5.41) is 3.01. The maximum absolute atomic E-state index is 12.2. The third-order valence-corrected chi connectivity index (χ3v) is 6.53.